The van der Waals surface area contributed by atoms with E-state index in [0.29, 0.717) is 24.6 Å². The van der Waals surface area contributed by atoms with Crippen molar-refractivity contribution in [2.24, 2.45) is 10.3 Å². The van der Waals surface area contributed by atoms with Gasteiger partial charge >= 0.3 is 0 Å². The molecule has 0 aliphatic carbocycles. The zero-order valence-corrected chi connectivity index (χ0v) is 12.4. The van der Waals surface area contributed by atoms with E-state index in [2.05, 4.69) is 26.2 Å². The van der Waals surface area contributed by atoms with E-state index in [1.165, 1.54) is 0 Å². The lowest BCUT2D eigenvalue weighted by molar-refractivity contribution is 0.155. The molecule has 5 heteroatoms. The first-order valence-electron chi connectivity index (χ1n) is 5.81. The maximum Gasteiger partial charge on any atom is 0.134 e. The highest BCUT2D eigenvalue weighted by atomic mass is 79.9. The van der Waals surface area contributed by atoms with Crippen LogP contribution in [0.4, 0.5) is 0 Å². The Labute approximate surface area is 116 Å². The third-order valence-corrected chi connectivity index (χ3v) is 2.60. The van der Waals surface area contributed by atoms with E-state index in [0.717, 1.165) is 10.0 Å². The molecular weight excluding hydrogens is 296 g/mol. The van der Waals surface area contributed by atoms with Crippen molar-refractivity contribution < 1.29 is 9.68 Å². The molecule has 0 amide bonds. The molecule has 1 aromatic carbocycles. The highest BCUT2D eigenvalue weighted by Gasteiger charge is 2.09. The zero-order chi connectivity index (χ0) is 13.4. The first-order valence-corrected chi connectivity index (χ1v) is 6.61. The first kappa shape index (κ1) is 14.7. The van der Waals surface area contributed by atoms with Crippen LogP contribution in [0.25, 0.3) is 0 Å². The highest BCUT2D eigenvalue weighted by molar-refractivity contribution is 9.10. The molecule has 0 heterocycles. The molecule has 0 saturated carbocycles. The van der Waals surface area contributed by atoms with Gasteiger partial charge in [-0.2, -0.15) is 0 Å². The Balaban J connectivity index is 3.01. The predicted molar refractivity (Wildman–Crippen MR) is 77.0 cm³/mol. The van der Waals surface area contributed by atoms with Crippen LogP contribution < -0.4 is 0 Å². The molecular formula is C13H17BrN2O2. The minimum Gasteiger partial charge on any atom is -0.396 e. The van der Waals surface area contributed by atoms with Crippen molar-refractivity contribution in [1.29, 1.82) is 0 Å². The van der Waals surface area contributed by atoms with Crippen molar-refractivity contribution in [2.45, 2.75) is 20.8 Å². The van der Waals surface area contributed by atoms with Gasteiger partial charge in [-0.25, -0.2) is 0 Å². The van der Waals surface area contributed by atoms with Gasteiger partial charge in [0, 0.05) is 10.0 Å². The Morgan fingerprint density at radius 3 is 2.17 bits per heavy atom. The third kappa shape index (κ3) is 4.49. The van der Waals surface area contributed by atoms with E-state index >= 15 is 0 Å². The van der Waals surface area contributed by atoms with Gasteiger partial charge in [0.05, 0.1) is 0 Å². The predicted octanol–water partition coefficient (Wildman–Crippen LogP) is 3.60. The molecule has 0 aliphatic rings. The lowest BCUT2D eigenvalue weighted by Crippen LogP contribution is -2.13. The van der Waals surface area contributed by atoms with Crippen LogP contribution in [0.5, 0.6) is 0 Å². The Morgan fingerprint density at radius 2 is 1.61 bits per heavy atom. The Bertz CT molecular complexity index is 427. The van der Waals surface area contributed by atoms with E-state index in [9.17, 15) is 0 Å². The lowest BCUT2D eigenvalue weighted by atomic mass is 10.1. The molecule has 0 radical (unpaired) electrons. The van der Waals surface area contributed by atoms with Gasteiger partial charge in [0.15, 0.2) is 0 Å². The number of benzene rings is 1. The Morgan fingerprint density at radius 1 is 1.06 bits per heavy atom. The molecule has 0 fully saturated rings. The summed E-state index contributed by atoms with van der Waals surface area (Å²) in [6.45, 7) is 6.66. The van der Waals surface area contributed by atoms with Gasteiger partial charge in [-0.15, -0.1) is 0 Å². The quantitative estimate of drug-likeness (QED) is 0.595. The number of hydrogen-bond acceptors (Lipinski definition) is 4. The molecule has 0 spiro atoms. The fourth-order valence-electron chi connectivity index (χ4n) is 1.27. The van der Waals surface area contributed by atoms with Gasteiger partial charge in [-0.1, -0.05) is 38.4 Å². The molecule has 98 valence electrons. The van der Waals surface area contributed by atoms with Crippen LogP contribution >= 0.6 is 15.9 Å². The van der Waals surface area contributed by atoms with Crippen molar-refractivity contribution in [2.75, 3.05) is 13.2 Å². The minimum atomic E-state index is 0.516. The highest BCUT2D eigenvalue weighted by Crippen LogP contribution is 2.12. The Kier molecular flexibility index (Phi) is 6.43. The fourth-order valence-corrected chi connectivity index (χ4v) is 1.53. The standard InChI is InChI=1S/C13H17BrN2O2/c1-4-17-15-10(3)13(16-18-5-2)11-6-8-12(14)9-7-11/h6-9H,4-5H2,1-3H3. The summed E-state index contributed by atoms with van der Waals surface area (Å²) in [6, 6.07) is 7.80. The monoisotopic (exact) mass is 312 g/mol. The lowest BCUT2D eigenvalue weighted by Gasteiger charge is -2.06. The maximum atomic E-state index is 5.12. The number of nitrogens with zero attached hydrogens (tertiary/aromatic N) is 2. The summed E-state index contributed by atoms with van der Waals surface area (Å²) in [5.74, 6) is 0. The molecule has 0 saturated heterocycles. The van der Waals surface area contributed by atoms with Gasteiger partial charge in [0.1, 0.15) is 24.6 Å². The molecule has 1 rings (SSSR count). The molecule has 0 aliphatic heterocycles. The molecule has 0 unspecified atom stereocenters. The minimum absolute atomic E-state index is 0.516. The summed E-state index contributed by atoms with van der Waals surface area (Å²) < 4.78 is 1.02. The van der Waals surface area contributed by atoms with Crippen LogP contribution in [0.1, 0.15) is 26.3 Å². The van der Waals surface area contributed by atoms with Crippen LogP contribution in [0, 0.1) is 0 Å². The van der Waals surface area contributed by atoms with Crippen LogP contribution in [0.2, 0.25) is 0 Å². The molecule has 18 heavy (non-hydrogen) atoms. The topological polar surface area (TPSA) is 43.2 Å². The molecule has 0 atom stereocenters. The van der Waals surface area contributed by atoms with Gasteiger partial charge in [-0.3, -0.25) is 0 Å². The maximum absolute atomic E-state index is 5.12. The van der Waals surface area contributed by atoms with Gasteiger partial charge in [0.25, 0.3) is 0 Å². The summed E-state index contributed by atoms with van der Waals surface area (Å²) in [4.78, 5) is 10.2. The van der Waals surface area contributed by atoms with Gasteiger partial charge < -0.3 is 9.68 Å². The SMILES string of the molecule is CCON=C(C)C(=NOCC)c1ccc(Br)cc1. The first-order chi connectivity index (χ1) is 8.69. The smallest absolute Gasteiger partial charge is 0.134 e. The van der Waals surface area contributed by atoms with Crippen molar-refractivity contribution in [3.63, 3.8) is 0 Å². The molecule has 4 nitrogen and oxygen atoms in total. The number of halogens is 1. The van der Waals surface area contributed by atoms with E-state index in [1.807, 2.05) is 45.0 Å². The fraction of sp³-hybridized carbons (Fsp3) is 0.385. The van der Waals surface area contributed by atoms with E-state index in [1.54, 1.807) is 0 Å². The number of rotatable bonds is 6. The second-order valence-corrected chi connectivity index (χ2v) is 4.37. The summed E-state index contributed by atoms with van der Waals surface area (Å²) in [6.07, 6.45) is 0. The zero-order valence-electron chi connectivity index (χ0n) is 10.8. The average molecular weight is 313 g/mol. The van der Waals surface area contributed by atoms with E-state index in [-0.39, 0.29) is 0 Å². The molecule has 0 N–H and O–H groups in total. The van der Waals surface area contributed by atoms with Crippen LogP contribution in [-0.4, -0.2) is 24.6 Å². The van der Waals surface area contributed by atoms with Gasteiger partial charge in [-0.05, 0) is 32.9 Å². The Hall–Kier alpha value is -1.36. The second kappa shape index (κ2) is 7.87. The van der Waals surface area contributed by atoms with Crippen molar-refractivity contribution >= 4 is 27.4 Å². The van der Waals surface area contributed by atoms with Gasteiger partial charge in [0.2, 0.25) is 0 Å². The van der Waals surface area contributed by atoms with E-state index in [4.69, 9.17) is 9.68 Å². The van der Waals surface area contributed by atoms with Crippen molar-refractivity contribution in [3.05, 3.63) is 34.3 Å². The summed E-state index contributed by atoms with van der Waals surface area (Å²) in [5, 5.41) is 8.07. The number of hydrogen-bond donors (Lipinski definition) is 0. The summed E-state index contributed by atoms with van der Waals surface area (Å²) in [5.41, 5.74) is 2.30. The summed E-state index contributed by atoms with van der Waals surface area (Å²) >= 11 is 3.40. The molecule has 1 aromatic rings. The third-order valence-electron chi connectivity index (χ3n) is 2.08. The number of oxime groups is 2. The van der Waals surface area contributed by atoms with Crippen LogP contribution in [0.15, 0.2) is 39.0 Å². The van der Waals surface area contributed by atoms with Crippen LogP contribution in [-0.2, 0) is 9.68 Å². The van der Waals surface area contributed by atoms with Crippen molar-refractivity contribution in [3.8, 4) is 0 Å². The second-order valence-electron chi connectivity index (χ2n) is 3.46. The molecule has 0 bridgehead atoms. The normalized spacial score (nSPS) is 12.4. The van der Waals surface area contributed by atoms with Crippen LogP contribution in [0.3, 0.4) is 0 Å². The van der Waals surface area contributed by atoms with Crippen molar-refractivity contribution in [1.82, 2.24) is 0 Å². The summed E-state index contributed by atoms with van der Waals surface area (Å²) in [7, 11) is 0. The van der Waals surface area contributed by atoms with E-state index < -0.39 is 0 Å². The molecule has 0 aromatic heterocycles. The largest absolute Gasteiger partial charge is 0.396 e. The average Bonchev–Trinajstić information content (AvgIpc) is 2.38.